The van der Waals surface area contributed by atoms with E-state index in [1.165, 1.54) is 5.56 Å². The average Bonchev–Trinajstić information content (AvgIpc) is 3.12. The lowest BCUT2D eigenvalue weighted by molar-refractivity contribution is -0.121. The number of amides is 1. The van der Waals surface area contributed by atoms with Crippen molar-refractivity contribution in [2.24, 2.45) is 11.7 Å². The van der Waals surface area contributed by atoms with Gasteiger partial charge in [-0.15, -0.1) is 0 Å². The fraction of sp³-hybridized carbons (Fsp3) is 0.435. The molecular formula is C23H29N3O3S. The van der Waals surface area contributed by atoms with Crippen molar-refractivity contribution in [1.82, 2.24) is 4.31 Å². The Morgan fingerprint density at radius 3 is 2.23 bits per heavy atom. The molecule has 6 nitrogen and oxygen atoms in total. The van der Waals surface area contributed by atoms with Crippen LogP contribution >= 0.6 is 0 Å². The molecule has 1 heterocycles. The number of benzene rings is 2. The van der Waals surface area contributed by atoms with Gasteiger partial charge in [0, 0.05) is 36.8 Å². The van der Waals surface area contributed by atoms with Gasteiger partial charge in [0.1, 0.15) is 0 Å². The van der Waals surface area contributed by atoms with Crippen LogP contribution < -0.4 is 10.6 Å². The molecule has 1 aliphatic heterocycles. The molecule has 1 aliphatic carbocycles. The first-order valence-electron chi connectivity index (χ1n) is 10.4. The highest BCUT2D eigenvalue weighted by Crippen LogP contribution is 2.35. The van der Waals surface area contributed by atoms with Crippen LogP contribution in [0.1, 0.15) is 30.5 Å². The van der Waals surface area contributed by atoms with Crippen LogP contribution in [0.5, 0.6) is 0 Å². The zero-order valence-electron chi connectivity index (χ0n) is 17.7. The molecule has 2 aromatic rings. The lowest BCUT2D eigenvalue weighted by Gasteiger charge is -2.44. The third-order valence-corrected chi connectivity index (χ3v) is 8.56. The highest BCUT2D eigenvalue weighted by atomic mass is 32.2. The number of carbonyl (C=O) groups excluding carboxylic acids is 1. The van der Waals surface area contributed by atoms with Crippen LogP contribution in [-0.4, -0.2) is 43.8 Å². The molecule has 0 bridgehead atoms. The smallest absolute Gasteiger partial charge is 0.243 e. The second-order valence-corrected chi connectivity index (χ2v) is 10.5. The summed E-state index contributed by atoms with van der Waals surface area (Å²) in [6, 6.07) is 13.3. The fourth-order valence-corrected chi connectivity index (χ4v) is 7.01. The number of aryl methyl sites for hydroxylation is 1. The molecule has 7 heteroatoms. The van der Waals surface area contributed by atoms with Crippen molar-refractivity contribution < 1.29 is 13.2 Å². The zero-order valence-corrected chi connectivity index (χ0v) is 18.5. The Labute approximate surface area is 178 Å². The van der Waals surface area contributed by atoms with Crippen molar-refractivity contribution in [2.45, 2.75) is 50.6 Å². The molecule has 3 atom stereocenters. The maximum absolute atomic E-state index is 13.7. The summed E-state index contributed by atoms with van der Waals surface area (Å²) in [7, 11) is -3.69. The summed E-state index contributed by atoms with van der Waals surface area (Å²) in [5.74, 6) is -0.701. The number of primary amides is 1. The van der Waals surface area contributed by atoms with E-state index in [1.54, 1.807) is 16.4 Å². The minimum Gasteiger partial charge on any atom is -0.369 e. The van der Waals surface area contributed by atoms with Crippen molar-refractivity contribution in [3.8, 4) is 0 Å². The van der Waals surface area contributed by atoms with E-state index in [9.17, 15) is 13.2 Å². The molecule has 1 saturated heterocycles. The Kier molecular flexibility index (Phi) is 5.36. The van der Waals surface area contributed by atoms with Crippen molar-refractivity contribution in [3.05, 3.63) is 59.2 Å². The van der Waals surface area contributed by atoms with Gasteiger partial charge in [-0.1, -0.05) is 29.8 Å². The number of sulfonamides is 1. The van der Waals surface area contributed by atoms with Crippen molar-refractivity contribution in [1.29, 1.82) is 0 Å². The summed E-state index contributed by atoms with van der Waals surface area (Å²) >= 11 is 0. The third-order valence-electron chi connectivity index (χ3n) is 6.34. The van der Waals surface area contributed by atoms with E-state index in [0.717, 1.165) is 16.8 Å². The summed E-state index contributed by atoms with van der Waals surface area (Å²) in [6.45, 7) is 7.24. The Morgan fingerprint density at radius 1 is 1.00 bits per heavy atom. The van der Waals surface area contributed by atoms with Gasteiger partial charge in [0.15, 0.2) is 0 Å². The normalized spacial score (nSPS) is 24.6. The molecule has 0 aromatic heterocycles. The number of rotatable bonds is 4. The Hall–Kier alpha value is -2.38. The van der Waals surface area contributed by atoms with Crippen molar-refractivity contribution in [3.63, 3.8) is 0 Å². The van der Waals surface area contributed by atoms with Crippen LogP contribution in [0.15, 0.2) is 47.4 Å². The highest BCUT2D eigenvalue weighted by Gasteiger charge is 2.41. The monoisotopic (exact) mass is 427 g/mol. The summed E-state index contributed by atoms with van der Waals surface area (Å²) in [5.41, 5.74) is 9.48. The van der Waals surface area contributed by atoms with Crippen LogP contribution in [0.4, 0.5) is 5.69 Å². The second kappa shape index (κ2) is 7.71. The topological polar surface area (TPSA) is 83.7 Å². The van der Waals surface area contributed by atoms with Gasteiger partial charge in [0.25, 0.3) is 0 Å². The Morgan fingerprint density at radius 2 is 1.63 bits per heavy atom. The standard InChI is InChI=1S/C23H29N3O3S/c1-15-7-9-20(10-8-15)25-13-16(2)26(17(3)14-25)30(28,29)22-6-4-5-18-11-19(23(24)27)12-21(18)22/h4-10,16-17,19H,11-14H2,1-3H3,(H2,24,27)/t16-,17+,19?. The largest absolute Gasteiger partial charge is 0.369 e. The van der Waals surface area contributed by atoms with Crippen LogP contribution in [0.2, 0.25) is 0 Å². The number of piperazine rings is 1. The van der Waals surface area contributed by atoms with Gasteiger partial charge < -0.3 is 10.6 Å². The molecule has 160 valence electrons. The van der Waals surface area contributed by atoms with E-state index in [2.05, 4.69) is 36.1 Å². The lowest BCUT2D eigenvalue weighted by atomic mass is 10.1. The number of fused-ring (bicyclic) bond motifs is 1. The highest BCUT2D eigenvalue weighted by molar-refractivity contribution is 7.89. The molecule has 0 spiro atoms. The van der Waals surface area contributed by atoms with Crippen LogP contribution in [0.25, 0.3) is 0 Å². The Balaban J connectivity index is 1.63. The number of nitrogens with two attached hydrogens (primary N) is 1. The molecule has 30 heavy (non-hydrogen) atoms. The van der Waals surface area contributed by atoms with Gasteiger partial charge in [0.2, 0.25) is 15.9 Å². The predicted octanol–water partition coefficient (Wildman–Crippen LogP) is 2.48. The molecule has 0 radical (unpaired) electrons. The van der Waals surface area contributed by atoms with Crippen molar-refractivity contribution >= 4 is 21.6 Å². The maximum atomic E-state index is 13.7. The molecule has 1 fully saturated rings. The maximum Gasteiger partial charge on any atom is 0.243 e. The molecular weight excluding hydrogens is 398 g/mol. The number of hydrogen-bond acceptors (Lipinski definition) is 4. The first kappa shape index (κ1) is 20.9. The van der Waals surface area contributed by atoms with Gasteiger partial charge in [-0.05, 0) is 62.9 Å². The quantitative estimate of drug-likeness (QED) is 0.813. The predicted molar refractivity (Wildman–Crippen MR) is 118 cm³/mol. The second-order valence-electron chi connectivity index (χ2n) is 8.67. The van der Waals surface area contributed by atoms with Crippen LogP contribution in [0, 0.1) is 12.8 Å². The van der Waals surface area contributed by atoms with E-state index < -0.39 is 10.0 Å². The van der Waals surface area contributed by atoms with Gasteiger partial charge >= 0.3 is 0 Å². The van der Waals surface area contributed by atoms with E-state index in [1.807, 2.05) is 19.9 Å². The van der Waals surface area contributed by atoms with E-state index in [-0.39, 0.29) is 23.9 Å². The average molecular weight is 428 g/mol. The number of carbonyl (C=O) groups is 1. The van der Waals surface area contributed by atoms with Gasteiger partial charge in [-0.3, -0.25) is 4.79 Å². The lowest BCUT2D eigenvalue weighted by Crippen LogP contribution is -2.58. The van der Waals surface area contributed by atoms with Gasteiger partial charge in [0.05, 0.1) is 4.90 Å². The number of hydrogen-bond donors (Lipinski definition) is 1. The first-order valence-corrected chi connectivity index (χ1v) is 11.9. The molecule has 2 aromatic carbocycles. The number of nitrogens with zero attached hydrogens (tertiary/aromatic N) is 2. The van der Waals surface area contributed by atoms with E-state index >= 15 is 0 Å². The molecule has 0 saturated carbocycles. The molecule has 1 amide bonds. The van der Waals surface area contributed by atoms with Gasteiger partial charge in [-0.2, -0.15) is 4.31 Å². The number of anilines is 1. The van der Waals surface area contributed by atoms with Crippen LogP contribution in [-0.2, 0) is 27.7 Å². The van der Waals surface area contributed by atoms with Crippen molar-refractivity contribution in [2.75, 3.05) is 18.0 Å². The summed E-state index contributed by atoms with van der Waals surface area (Å²) in [4.78, 5) is 14.3. The minimum atomic E-state index is -3.69. The molecule has 4 rings (SSSR count). The molecule has 2 aliphatic rings. The zero-order chi connectivity index (χ0) is 21.6. The molecule has 2 N–H and O–H groups in total. The van der Waals surface area contributed by atoms with E-state index in [0.29, 0.717) is 30.8 Å². The summed E-state index contributed by atoms with van der Waals surface area (Å²) in [5, 5.41) is 0. The summed E-state index contributed by atoms with van der Waals surface area (Å²) < 4.78 is 29.1. The molecule has 1 unspecified atom stereocenters. The first-order chi connectivity index (χ1) is 14.2. The van der Waals surface area contributed by atoms with E-state index in [4.69, 9.17) is 5.73 Å². The Bertz CT molecular complexity index is 1050. The van der Waals surface area contributed by atoms with Crippen LogP contribution in [0.3, 0.4) is 0 Å². The SMILES string of the molecule is Cc1ccc(N2C[C@@H](C)N(S(=O)(=O)c3cccc4c3CC(C(N)=O)C4)[C@@H](C)C2)cc1. The fourth-order valence-electron chi connectivity index (χ4n) is 4.92. The summed E-state index contributed by atoms with van der Waals surface area (Å²) in [6.07, 6.45) is 0.909. The third kappa shape index (κ3) is 3.61. The van der Waals surface area contributed by atoms with Gasteiger partial charge in [-0.25, -0.2) is 8.42 Å². The minimum absolute atomic E-state index is 0.177.